The zero-order valence-electron chi connectivity index (χ0n) is 8.55. The Labute approximate surface area is 93.5 Å². The van der Waals surface area contributed by atoms with Gasteiger partial charge in [-0.15, -0.1) is 0 Å². The van der Waals surface area contributed by atoms with Gasteiger partial charge in [0.2, 0.25) is 0 Å². The van der Waals surface area contributed by atoms with Crippen molar-refractivity contribution in [3.05, 3.63) is 28.2 Å². The lowest BCUT2D eigenvalue weighted by Gasteiger charge is -2.12. The predicted molar refractivity (Wildman–Crippen MR) is 63.6 cm³/mol. The Morgan fingerprint density at radius 2 is 2.21 bits per heavy atom. The summed E-state index contributed by atoms with van der Waals surface area (Å²) in [7, 11) is 0. The van der Waals surface area contributed by atoms with E-state index < -0.39 is 0 Å². The first-order valence-electron chi connectivity index (χ1n) is 4.74. The highest BCUT2D eigenvalue weighted by Gasteiger charge is 2.02. The molecule has 0 aliphatic carbocycles. The number of nitrogens with one attached hydrogen (secondary N) is 1. The van der Waals surface area contributed by atoms with E-state index >= 15 is 0 Å². The van der Waals surface area contributed by atoms with Crippen LogP contribution < -0.4 is 5.32 Å². The van der Waals surface area contributed by atoms with Gasteiger partial charge in [0.15, 0.2) is 0 Å². The number of anilines is 1. The van der Waals surface area contributed by atoms with Crippen LogP contribution in [-0.2, 0) is 0 Å². The quantitative estimate of drug-likeness (QED) is 0.870. The maximum absolute atomic E-state index is 8.87. The van der Waals surface area contributed by atoms with Crippen LogP contribution in [0, 0.1) is 12.8 Å². The highest BCUT2D eigenvalue weighted by atomic mass is 79.9. The second-order valence-corrected chi connectivity index (χ2v) is 4.51. The van der Waals surface area contributed by atoms with Gasteiger partial charge in [-0.2, -0.15) is 0 Å². The smallest absolute Gasteiger partial charge is 0.0484 e. The van der Waals surface area contributed by atoms with Crippen molar-refractivity contribution in [2.45, 2.75) is 13.8 Å². The van der Waals surface area contributed by atoms with Gasteiger partial charge in [0, 0.05) is 23.3 Å². The van der Waals surface area contributed by atoms with Crippen molar-refractivity contribution in [1.29, 1.82) is 0 Å². The number of rotatable bonds is 4. The third-order valence-electron chi connectivity index (χ3n) is 2.08. The molecule has 0 amide bonds. The number of aliphatic hydroxyl groups excluding tert-OH is 1. The first-order valence-corrected chi connectivity index (χ1v) is 5.53. The van der Waals surface area contributed by atoms with Crippen LogP contribution in [-0.4, -0.2) is 18.3 Å². The molecule has 0 bridgehead atoms. The molecule has 0 saturated heterocycles. The first-order chi connectivity index (χ1) is 6.63. The second-order valence-electron chi connectivity index (χ2n) is 3.65. The van der Waals surface area contributed by atoms with E-state index in [0.717, 1.165) is 16.7 Å². The minimum atomic E-state index is 0.219. The second kappa shape index (κ2) is 5.37. The highest BCUT2D eigenvalue weighted by Crippen LogP contribution is 2.23. The van der Waals surface area contributed by atoms with Crippen molar-refractivity contribution < 1.29 is 5.11 Å². The Hall–Kier alpha value is -0.540. The fourth-order valence-corrected chi connectivity index (χ4v) is 1.75. The van der Waals surface area contributed by atoms with E-state index in [0.29, 0.717) is 0 Å². The van der Waals surface area contributed by atoms with Gasteiger partial charge in [-0.25, -0.2) is 0 Å². The largest absolute Gasteiger partial charge is 0.396 e. The van der Waals surface area contributed by atoms with Crippen LogP contribution in [0.15, 0.2) is 22.7 Å². The van der Waals surface area contributed by atoms with Crippen LogP contribution in [0.1, 0.15) is 12.5 Å². The van der Waals surface area contributed by atoms with Gasteiger partial charge in [-0.1, -0.05) is 13.0 Å². The van der Waals surface area contributed by atoms with Gasteiger partial charge in [-0.3, -0.25) is 0 Å². The molecular formula is C11H16BrNO. The summed E-state index contributed by atoms with van der Waals surface area (Å²) in [5.41, 5.74) is 2.31. The Morgan fingerprint density at radius 3 is 2.79 bits per heavy atom. The van der Waals surface area contributed by atoms with Crippen molar-refractivity contribution in [3.63, 3.8) is 0 Å². The fourth-order valence-electron chi connectivity index (χ4n) is 1.11. The molecule has 3 heteroatoms. The van der Waals surface area contributed by atoms with E-state index in [1.54, 1.807) is 0 Å². The summed E-state index contributed by atoms with van der Waals surface area (Å²) in [6, 6.07) is 6.19. The maximum Gasteiger partial charge on any atom is 0.0484 e. The molecule has 14 heavy (non-hydrogen) atoms. The molecule has 1 aromatic carbocycles. The summed E-state index contributed by atoms with van der Waals surface area (Å²) >= 11 is 3.49. The molecule has 0 spiro atoms. The van der Waals surface area contributed by atoms with Gasteiger partial charge in [0.1, 0.15) is 0 Å². The molecule has 0 heterocycles. The fraction of sp³-hybridized carbons (Fsp3) is 0.455. The molecule has 1 rings (SSSR count). The van der Waals surface area contributed by atoms with Crippen LogP contribution in [0.4, 0.5) is 5.69 Å². The number of hydrogen-bond donors (Lipinski definition) is 2. The molecule has 78 valence electrons. The van der Waals surface area contributed by atoms with Gasteiger partial charge in [0.05, 0.1) is 0 Å². The number of aliphatic hydroxyl groups is 1. The number of hydrogen-bond acceptors (Lipinski definition) is 2. The zero-order chi connectivity index (χ0) is 10.6. The molecule has 0 radical (unpaired) electrons. The third kappa shape index (κ3) is 3.31. The molecule has 0 saturated carbocycles. The molecule has 0 aliphatic heterocycles. The lowest BCUT2D eigenvalue weighted by molar-refractivity contribution is 0.244. The SMILES string of the molecule is Cc1ccc(NCC(C)CO)c(Br)c1. The lowest BCUT2D eigenvalue weighted by atomic mass is 10.2. The highest BCUT2D eigenvalue weighted by molar-refractivity contribution is 9.10. The molecule has 0 fully saturated rings. The van der Waals surface area contributed by atoms with Crippen molar-refractivity contribution in [2.24, 2.45) is 5.92 Å². The van der Waals surface area contributed by atoms with Crippen LogP contribution in [0.25, 0.3) is 0 Å². The van der Waals surface area contributed by atoms with Crippen LogP contribution in [0.3, 0.4) is 0 Å². The summed E-state index contributed by atoms with van der Waals surface area (Å²) in [6.07, 6.45) is 0. The van der Waals surface area contributed by atoms with Crippen molar-refractivity contribution in [2.75, 3.05) is 18.5 Å². The Balaban J connectivity index is 2.59. The zero-order valence-corrected chi connectivity index (χ0v) is 10.1. The van der Waals surface area contributed by atoms with Gasteiger partial charge in [-0.05, 0) is 46.5 Å². The van der Waals surface area contributed by atoms with Crippen LogP contribution >= 0.6 is 15.9 Å². The van der Waals surface area contributed by atoms with E-state index in [1.807, 2.05) is 13.0 Å². The van der Waals surface area contributed by atoms with Gasteiger partial charge < -0.3 is 10.4 Å². The topological polar surface area (TPSA) is 32.3 Å². The normalized spacial score (nSPS) is 12.6. The molecule has 2 nitrogen and oxygen atoms in total. The van der Waals surface area contributed by atoms with Crippen LogP contribution in [0.5, 0.6) is 0 Å². The van der Waals surface area contributed by atoms with Gasteiger partial charge in [0.25, 0.3) is 0 Å². The molecule has 0 aliphatic rings. The molecular weight excluding hydrogens is 242 g/mol. The summed E-state index contributed by atoms with van der Waals surface area (Å²) in [5, 5.41) is 12.2. The van der Waals surface area contributed by atoms with Gasteiger partial charge >= 0.3 is 0 Å². The van der Waals surface area contributed by atoms with Crippen molar-refractivity contribution >= 4 is 21.6 Å². The number of halogens is 1. The Morgan fingerprint density at radius 1 is 1.50 bits per heavy atom. The first kappa shape index (κ1) is 11.5. The maximum atomic E-state index is 8.87. The molecule has 1 atom stereocenters. The third-order valence-corrected chi connectivity index (χ3v) is 2.73. The average molecular weight is 258 g/mol. The van der Waals surface area contributed by atoms with E-state index in [1.165, 1.54) is 5.56 Å². The van der Waals surface area contributed by atoms with E-state index in [4.69, 9.17) is 5.11 Å². The summed E-state index contributed by atoms with van der Waals surface area (Å²) in [6.45, 7) is 5.08. The minimum Gasteiger partial charge on any atom is -0.396 e. The van der Waals surface area contributed by atoms with E-state index in [-0.39, 0.29) is 12.5 Å². The monoisotopic (exact) mass is 257 g/mol. The van der Waals surface area contributed by atoms with Crippen molar-refractivity contribution in [3.8, 4) is 0 Å². The average Bonchev–Trinajstić information content (AvgIpc) is 2.16. The number of benzene rings is 1. The van der Waals surface area contributed by atoms with Crippen LogP contribution in [0.2, 0.25) is 0 Å². The Bertz CT molecular complexity index is 301. The summed E-state index contributed by atoms with van der Waals surface area (Å²) in [4.78, 5) is 0. The summed E-state index contributed by atoms with van der Waals surface area (Å²) < 4.78 is 1.07. The van der Waals surface area contributed by atoms with E-state index in [9.17, 15) is 0 Å². The Kier molecular flexibility index (Phi) is 4.42. The lowest BCUT2D eigenvalue weighted by Crippen LogP contribution is -2.14. The number of aryl methyl sites for hydroxylation is 1. The predicted octanol–water partition coefficient (Wildman–Crippen LogP) is 2.80. The molecule has 1 aromatic rings. The van der Waals surface area contributed by atoms with E-state index in [2.05, 4.69) is 40.3 Å². The standard InChI is InChI=1S/C11H16BrNO/c1-8-3-4-11(10(12)5-8)13-6-9(2)7-14/h3-5,9,13-14H,6-7H2,1-2H3. The minimum absolute atomic E-state index is 0.219. The molecule has 2 N–H and O–H groups in total. The molecule has 1 unspecified atom stereocenters. The molecule has 0 aromatic heterocycles. The summed E-state index contributed by atoms with van der Waals surface area (Å²) in [5.74, 6) is 0.281. The van der Waals surface area contributed by atoms with Crippen molar-refractivity contribution in [1.82, 2.24) is 0 Å².